The quantitative estimate of drug-likeness (QED) is 0.617. The molecule has 0 aliphatic carbocycles. The number of carbonyl (C=O) groups is 1. The number of amidine groups is 1. The van der Waals surface area contributed by atoms with Crippen LogP contribution in [0.3, 0.4) is 0 Å². The molecule has 0 radical (unpaired) electrons. The Morgan fingerprint density at radius 1 is 1.31 bits per heavy atom. The molecule has 1 atom stereocenters. The van der Waals surface area contributed by atoms with E-state index in [2.05, 4.69) is 27.3 Å². The van der Waals surface area contributed by atoms with Crippen LogP contribution in [-0.4, -0.2) is 17.7 Å². The number of aliphatic imine (C=N–C) groups is 1. The fourth-order valence-corrected chi connectivity index (χ4v) is 4.38. The summed E-state index contributed by atoms with van der Waals surface area (Å²) in [5, 5.41) is 13.2. The number of hydrogen-bond donors (Lipinski definition) is 1. The highest BCUT2D eigenvalue weighted by Gasteiger charge is 2.30. The van der Waals surface area contributed by atoms with Crippen LogP contribution in [0.15, 0.2) is 69.3 Å². The fraction of sp³-hybridized carbons (Fsp3) is 0.227. The topological polar surface area (TPSA) is 74.5 Å². The van der Waals surface area contributed by atoms with Crippen molar-refractivity contribution >= 4 is 38.8 Å². The number of rotatable bonds is 5. The van der Waals surface area contributed by atoms with Crippen LogP contribution in [0.2, 0.25) is 0 Å². The summed E-state index contributed by atoms with van der Waals surface area (Å²) in [6.07, 6.45) is 0. The average Bonchev–Trinajstić information content (AvgIpc) is 2.72. The highest BCUT2D eigenvalue weighted by molar-refractivity contribution is 9.10. The lowest BCUT2D eigenvalue weighted by molar-refractivity contribution is -0.138. The lowest BCUT2D eigenvalue weighted by Crippen LogP contribution is -2.30. The maximum atomic E-state index is 12.6. The average molecular weight is 470 g/mol. The second-order valence-electron chi connectivity index (χ2n) is 6.33. The molecule has 0 bridgehead atoms. The van der Waals surface area contributed by atoms with E-state index in [4.69, 9.17) is 9.73 Å². The number of ether oxygens (including phenoxy) is 1. The number of nitriles is 1. The summed E-state index contributed by atoms with van der Waals surface area (Å²) in [4.78, 5) is 17.4. The highest BCUT2D eigenvalue weighted by Crippen LogP contribution is 2.34. The summed E-state index contributed by atoms with van der Waals surface area (Å²) >= 11 is 5.00. The molecule has 1 heterocycles. The number of nitrogens with one attached hydrogen (secondary N) is 1. The van der Waals surface area contributed by atoms with Crippen LogP contribution >= 0.6 is 27.7 Å². The first-order chi connectivity index (χ1) is 14.0. The Labute approximate surface area is 183 Å². The first kappa shape index (κ1) is 21.2. The third-order valence-electron chi connectivity index (χ3n) is 4.38. The van der Waals surface area contributed by atoms with E-state index in [-0.39, 0.29) is 5.97 Å². The highest BCUT2D eigenvalue weighted by atomic mass is 79.9. The Kier molecular flexibility index (Phi) is 7.13. The Balaban J connectivity index is 1.91. The second kappa shape index (κ2) is 9.77. The first-order valence-electron chi connectivity index (χ1n) is 9.12. The number of benzene rings is 2. The minimum absolute atomic E-state index is 0.303. The molecule has 1 N–H and O–H groups in total. The Bertz CT molecular complexity index is 1030. The molecular weight excluding hydrogens is 450 g/mol. The monoisotopic (exact) mass is 469 g/mol. The first-order valence-corrected chi connectivity index (χ1v) is 10.9. The van der Waals surface area contributed by atoms with Gasteiger partial charge in [-0.2, -0.15) is 5.26 Å². The molecule has 1 aliphatic rings. The SMILES string of the molecule is CCOC(=O)C1=C(C)NC(SCc2ccccc2C#N)=N[C@H]1c1cccc(Br)c1. The van der Waals surface area contributed by atoms with E-state index in [9.17, 15) is 10.1 Å². The molecule has 5 nitrogen and oxygen atoms in total. The van der Waals surface area contributed by atoms with E-state index < -0.39 is 6.04 Å². The molecule has 2 aromatic carbocycles. The predicted octanol–water partition coefficient (Wildman–Crippen LogP) is 5.09. The van der Waals surface area contributed by atoms with Gasteiger partial charge in [0.05, 0.1) is 23.8 Å². The second-order valence-corrected chi connectivity index (χ2v) is 8.21. The third kappa shape index (κ3) is 5.08. The third-order valence-corrected chi connectivity index (χ3v) is 5.81. The van der Waals surface area contributed by atoms with Crippen molar-refractivity contribution in [1.29, 1.82) is 5.26 Å². The Hall–Kier alpha value is -2.56. The number of halogens is 1. The summed E-state index contributed by atoms with van der Waals surface area (Å²) in [7, 11) is 0. The van der Waals surface area contributed by atoms with Crippen LogP contribution in [0, 0.1) is 11.3 Å². The summed E-state index contributed by atoms with van der Waals surface area (Å²) in [5.74, 6) is 0.230. The molecule has 7 heteroatoms. The number of hydrogen-bond acceptors (Lipinski definition) is 6. The van der Waals surface area contributed by atoms with E-state index in [1.54, 1.807) is 13.0 Å². The molecule has 2 aromatic rings. The minimum Gasteiger partial charge on any atom is -0.463 e. The molecule has 29 heavy (non-hydrogen) atoms. The largest absolute Gasteiger partial charge is 0.463 e. The van der Waals surface area contributed by atoms with E-state index in [0.717, 1.165) is 21.3 Å². The van der Waals surface area contributed by atoms with Crippen LogP contribution in [0.5, 0.6) is 0 Å². The number of allylic oxidation sites excluding steroid dienone is 1. The fourth-order valence-electron chi connectivity index (χ4n) is 3.01. The van der Waals surface area contributed by atoms with E-state index in [0.29, 0.717) is 28.7 Å². The lowest BCUT2D eigenvalue weighted by Gasteiger charge is -2.26. The predicted molar refractivity (Wildman–Crippen MR) is 119 cm³/mol. The molecule has 148 valence electrons. The van der Waals surface area contributed by atoms with E-state index in [1.807, 2.05) is 49.4 Å². The lowest BCUT2D eigenvalue weighted by atomic mass is 9.97. The molecule has 0 unspecified atom stereocenters. The molecule has 1 aliphatic heterocycles. The van der Waals surface area contributed by atoms with Crippen molar-refractivity contribution in [2.75, 3.05) is 6.61 Å². The van der Waals surface area contributed by atoms with Crippen molar-refractivity contribution in [3.05, 3.63) is 81.0 Å². The van der Waals surface area contributed by atoms with Crippen LogP contribution in [0.1, 0.15) is 36.6 Å². The normalized spacial score (nSPS) is 15.9. The number of thioether (sulfide) groups is 1. The summed E-state index contributed by atoms with van der Waals surface area (Å²) in [5.41, 5.74) is 3.73. The van der Waals surface area contributed by atoms with Crippen molar-refractivity contribution in [3.63, 3.8) is 0 Å². The number of carbonyl (C=O) groups excluding carboxylic acids is 1. The molecule has 0 saturated heterocycles. The zero-order chi connectivity index (χ0) is 20.8. The molecule has 0 spiro atoms. The number of nitrogens with zero attached hydrogens (tertiary/aromatic N) is 2. The van der Waals surface area contributed by atoms with Crippen molar-refractivity contribution < 1.29 is 9.53 Å². The summed E-state index contributed by atoms with van der Waals surface area (Å²) in [6.45, 7) is 3.95. The van der Waals surface area contributed by atoms with Crippen LogP contribution in [0.4, 0.5) is 0 Å². The van der Waals surface area contributed by atoms with Gasteiger partial charge in [-0.1, -0.05) is 58.0 Å². The van der Waals surface area contributed by atoms with E-state index in [1.165, 1.54) is 11.8 Å². The van der Waals surface area contributed by atoms with Gasteiger partial charge in [0.2, 0.25) is 0 Å². The molecule has 0 amide bonds. The minimum atomic E-state index is -0.457. The van der Waals surface area contributed by atoms with Gasteiger partial charge in [-0.3, -0.25) is 0 Å². The van der Waals surface area contributed by atoms with Crippen molar-refractivity contribution in [2.24, 2.45) is 4.99 Å². The number of esters is 1. The Morgan fingerprint density at radius 3 is 2.83 bits per heavy atom. The van der Waals surface area contributed by atoms with Crippen molar-refractivity contribution in [1.82, 2.24) is 5.32 Å². The Morgan fingerprint density at radius 2 is 2.10 bits per heavy atom. The van der Waals surface area contributed by atoms with Gasteiger partial charge in [0, 0.05) is 15.9 Å². The van der Waals surface area contributed by atoms with Crippen LogP contribution in [0.25, 0.3) is 0 Å². The maximum absolute atomic E-state index is 12.6. The van der Waals surface area contributed by atoms with Gasteiger partial charge in [0.15, 0.2) is 5.17 Å². The van der Waals surface area contributed by atoms with Gasteiger partial charge in [-0.25, -0.2) is 9.79 Å². The van der Waals surface area contributed by atoms with Gasteiger partial charge in [-0.15, -0.1) is 0 Å². The summed E-state index contributed by atoms with van der Waals surface area (Å²) < 4.78 is 6.19. The smallest absolute Gasteiger partial charge is 0.338 e. The molecule has 0 fully saturated rings. The van der Waals surface area contributed by atoms with Gasteiger partial charge >= 0.3 is 5.97 Å². The molecular formula is C22H20BrN3O2S. The maximum Gasteiger partial charge on any atom is 0.338 e. The molecule has 3 rings (SSSR count). The van der Waals surface area contributed by atoms with Gasteiger partial charge in [0.25, 0.3) is 0 Å². The molecule has 0 aromatic heterocycles. The van der Waals surface area contributed by atoms with E-state index >= 15 is 0 Å². The van der Waals surface area contributed by atoms with Gasteiger partial charge in [-0.05, 0) is 43.2 Å². The zero-order valence-electron chi connectivity index (χ0n) is 16.1. The molecule has 0 saturated carbocycles. The van der Waals surface area contributed by atoms with Crippen molar-refractivity contribution in [2.45, 2.75) is 25.6 Å². The van der Waals surface area contributed by atoms with Crippen LogP contribution < -0.4 is 5.32 Å². The van der Waals surface area contributed by atoms with Crippen molar-refractivity contribution in [3.8, 4) is 6.07 Å². The summed E-state index contributed by atoms with van der Waals surface area (Å²) in [6, 6.07) is 17.0. The van der Waals surface area contributed by atoms with Gasteiger partial charge < -0.3 is 10.1 Å². The zero-order valence-corrected chi connectivity index (χ0v) is 18.5. The van der Waals surface area contributed by atoms with Gasteiger partial charge in [0.1, 0.15) is 6.04 Å². The standard InChI is InChI=1S/C22H20BrN3O2S/c1-3-28-21(27)19-14(2)25-22(26-20(19)15-9-6-10-18(23)11-15)29-13-17-8-5-4-7-16(17)12-24/h4-11,20H,3,13H2,1-2H3,(H,25,26)/t20-/m0/s1. The van der Waals surface area contributed by atoms with Crippen LogP contribution in [-0.2, 0) is 15.3 Å².